The fourth-order valence-electron chi connectivity index (χ4n) is 4.37. The Kier molecular flexibility index (Phi) is 7.74. The first-order valence-electron chi connectivity index (χ1n) is 11.9. The number of carbonyl (C=O) groups excluding carboxylic acids is 3. The summed E-state index contributed by atoms with van der Waals surface area (Å²) in [6.45, 7) is 3.64. The summed E-state index contributed by atoms with van der Waals surface area (Å²) in [5.41, 5.74) is 0.993. The Bertz CT molecular complexity index is 1060. The highest BCUT2D eigenvalue weighted by Gasteiger charge is 2.34. The number of hydrogen-bond acceptors (Lipinski definition) is 6. The lowest BCUT2D eigenvalue weighted by atomic mass is 9.88. The van der Waals surface area contributed by atoms with Crippen LogP contribution in [0, 0.1) is 5.92 Å². The molecule has 2 aliphatic rings. The largest absolute Gasteiger partial charge is 0.497 e. The first-order chi connectivity index (χ1) is 17.0. The molecule has 186 valence electrons. The van der Waals surface area contributed by atoms with E-state index in [-0.39, 0.29) is 30.4 Å². The summed E-state index contributed by atoms with van der Waals surface area (Å²) in [4.78, 5) is 40.7. The van der Waals surface area contributed by atoms with Crippen molar-refractivity contribution in [2.24, 2.45) is 5.92 Å². The molecular formula is C26H31N3O6. The first kappa shape index (κ1) is 24.4. The summed E-state index contributed by atoms with van der Waals surface area (Å²) in [5, 5.41) is 5.83. The number of nitrogens with one attached hydrogen (secondary N) is 2. The minimum absolute atomic E-state index is 0.0533. The van der Waals surface area contributed by atoms with Gasteiger partial charge in [-0.3, -0.25) is 14.4 Å². The van der Waals surface area contributed by atoms with E-state index in [1.165, 1.54) is 0 Å². The molecule has 2 aromatic rings. The fraction of sp³-hybridized carbons (Fsp3) is 0.423. The standard InChI is InChI=1S/C26H31N3O6/c1-3-12-27-25(31)23(28-24(30)19-6-9-21-22(15-19)35-16-34-21)17-10-13-29(14-11-17)26(32)18-4-7-20(33-2)8-5-18/h4-9,15,17,23H,3,10-14,16H2,1-2H3,(H,27,31)(H,28,30)/t23-/m1/s1. The zero-order valence-electron chi connectivity index (χ0n) is 20.0. The van der Waals surface area contributed by atoms with E-state index in [4.69, 9.17) is 14.2 Å². The number of ether oxygens (including phenoxy) is 3. The van der Waals surface area contributed by atoms with Crippen molar-refractivity contribution < 1.29 is 28.6 Å². The van der Waals surface area contributed by atoms with E-state index < -0.39 is 6.04 Å². The number of benzene rings is 2. The molecule has 1 fully saturated rings. The van der Waals surface area contributed by atoms with Gasteiger partial charge in [-0.1, -0.05) is 6.92 Å². The van der Waals surface area contributed by atoms with Crippen LogP contribution in [0.3, 0.4) is 0 Å². The highest BCUT2D eigenvalue weighted by Crippen LogP contribution is 2.32. The van der Waals surface area contributed by atoms with Crippen molar-refractivity contribution >= 4 is 17.7 Å². The Hall–Kier alpha value is -3.75. The third-order valence-corrected chi connectivity index (χ3v) is 6.39. The van der Waals surface area contributed by atoms with Crippen LogP contribution in [0.15, 0.2) is 42.5 Å². The van der Waals surface area contributed by atoms with E-state index in [0.717, 1.165) is 6.42 Å². The van der Waals surface area contributed by atoms with Gasteiger partial charge in [-0.15, -0.1) is 0 Å². The molecule has 0 saturated carbocycles. The van der Waals surface area contributed by atoms with Gasteiger partial charge in [0.1, 0.15) is 11.8 Å². The number of fused-ring (bicyclic) bond motifs is 1. The highest BCUT2D eigenvalue weighted by atomic mass is 16.7. The van der Waals surface area contributed by atoms with Crippen molar-refractivity contribution in [2.75, 3.05) is 33.5 Å². The lowest BCUT2D eigenvalue weighted by Gasteiger charge is -2.36. The van der Waals surface area contributed by atoms with Crippen molar-refractivity contribution in [2.45, 2.75) is 32.2 Å². The molecule has 0 spiro atoms. The number of rotatable bonds is 8. The van der Waals surface area contributed by atoms with E-state index in [0.29, 0.717) is 60.9 Å². The maximum absolute atomic E-state index is 13.0. The number of piperidine rings is 1. The molecule has 2 aliphatic heterocycles. The minimum Gasteiger partial charge on any atom is -0.497 e. The van der Waals surface area contributed by atoms with Gasteiger partial charge in [-0.05, 0) is 67.6 Å². The summed E-state index contributed by atoms with van der Waals surface area (Å²) in [7, 11) is 1.58. The van der Waals surface area contributed by atoms with Gasteiger partial charge in [0.05, 0.1) is 7.11 Å². The molecule has 9 nitrogen and oxygen atoms in total. The molecular weight excluding hydrogens is 450 g/mol. The molecule has 0 aromatic heterocycles. The number of likely N-dealkylation sites (tertiary alicyclic amines) is 1. The van der Waals surface area contributed by atoms with Gasteiger partial charge in [-0.25, -0.2) is 0 Å². The number of carbonyl (C=O) groups is 3. The van der Waals surface area contributed by atoms with Crippen molar-refractivity contribution in [1.29, 1.82) is 0 Å². The van der Waals surface area contributed by atoms with Gasteiger partial charge in [0.2, 0.25) is 12.7 Å². The van der Waals surface area contributed by atoms with Gasteiger partial charge in [0.25, 0.3) is 11.8 Å². The molecule has 0 bridgehead atoms. The molecule has 35 heavy (non-hydrogen) atoms. The van der Waals surface area contributed by atoms with Gasteiger partial charge in [0, 0.05) is 30.8 Å². The third-order valence-electron chi connectivity index (χ3n) is 6.39. The van der Waals surface area contributed by atoms with E-state index >= 15 is 0 Å². The molecule has 0 aliphatic carbocycles. The molecule has 9 heteroatoms. The number of hydrogen-bond donors (Lipinski definition) is 2. The Balaban J connectivity index is 1.42. The quantitative estimate of drug-likeness (QED) is 0.600. The second-order valence-corrected chi connectivity index (χ2v) is 8.67. The van der Waals surface area contributed by atoms with E-state index in [2.05, 4.69) is 10.6 Å². The van der Waals surface area contributed by atoms with E-state index in [1.54, 1.807) is 54.5 Å². The van der Waals surface area contributed by atoms with Crippen LogP contribution in [-0.2, 0) is 4.79 Å². The fourth-order valence-corrected chi connectivity index (χ4v) is 4.37. The average molecular weight is 482 g/mol. The average Bonchev–Trinajstić information content (AvgIpc) is 3.38. The SMILES string of the molecule is CCCNC(=O)[C@H](NC(=O)c1ccc2c(c1)OCO2)C1CCN(C(=O)c2ccc(OC)cc2)CC1. The molecule has 3 amide bonds. The molecule has 2 aromatic carbocycles. The van der Waals surface area contributed by atoms with Crippen molar-refractivity contribution in [3.8, 4) is 17.2 Å². The van der Waals surface area contributed by atoms with Crippen LogP contribution < -0.4 is 24.8 Å². The summed E-state index contributed by atoms with van der Waals surface area (Å²) in [5.74, 6) is 1.09. The van der Waals surface area contributed by atoms with Gasteiger partial charge >= 0.3 is 0 Å². The Morgan fingerprint density at radius 2 is 1.71 bits per heavy atom. The predicted octanol–water partition coefficient (Wildman–Crippen LogP) is 2.60. The highest BCUT2D eigenvalue weighted by molar-refractivity contribution is 5.98. The number of methoxy groups -OCH3 is 1. The lowest BCUT2D eigenvalue weighted by Crippen LogP contribution is -2.54. The molecule has 2 N–H and O–H groups in total. The first-order valence-corrected chi connectivity index (χ1v) is 11.9. The zero-order chi connectivity index (χ0) is 24.8. The molecule has 4 rings (SSSR count). The zero-order valence-corrected chi connectivity index (χ0v) is 20.0. The van der Waals surface area contributed by atoms with Crippen LogP contribution in [0.25, 0.3) is 0 Å². The second kappa shape index (κ2) is 11.1. The Morgan fingerprint density at radius 3 is 2.40 bits per heavy atom. The van der Waals surface area contributed by atoms with Crippen LogP contribution in [0.4, 0.5) is 0 Å². The minimum atomic E-state index is -0.697. The van der Waals surface area contributed by atoms with Crippen molar-refractivity contribution in [3.05, 3.63) is 53.6 Å². The number of nitrogens with zero attached hydrogens (tertiary/aromatic N) is 1. The Labute approximate surface area is 204 Å². The second-order valence-electron chi connectivity index (χ2n) is 8.67. The van der Waals surface area contributed by atoms with Crippen LogP contribution in [0.1, 0.15) is 46.9 Å². The normalized spacial score (nSPS) is 15.9. The summed E-state index contributed by atoms with van der Waals surface area (Å²) in [6.07, 6.45) is 2.00. The summed E-state index contributed by atoms with van der Waals surface area (Å²) < 4.78 is 15.8. The van der Waals surface area contributed by atoms with E-state index in [1.807, 2.05) is 6.92 Å². The molecule has 0 radical (unpaired) electrons. The Morgan fingerprint density at radius 1 is 1.03 bits per heavy atom. The van der Waals surface area contributed by atoms with Crippen LogP contribution >= 0.6 is 0 Å². The molecule has 1 saturated heterocycles. The molecule has 0 unspecified atom stereocenters. The monoisotopic (exact) mass is 481 g/mol. The maximum atomic E-state index is 13.0. The van der Waals surface area contributed by atoms with Gasteiger partial charge in [-0.2, -0.15) is 0 Å². The molecule has 1 atom stereocenters. The summed E-state index contributed by atoms with van der Waals surface area (Å²) in [6, 6.07) is 11.3. The van der Waals surface area contributed by atoms with Crippen LogP contribution in [0.2, 0.25) is 0 Å². The number of amides is 3. The molecule has 2 heterocycles. The van der Waals surface area contributed by atoms with Crippen LogP contribution in [0.5, 0.6) is 17.2 Å². The lowest BCUT2D eigenvalue weighted by molar-refractivity contribution is -0.124. The van der Waals surface area contributed by atoms with Crippen molar-refractivity contribution in [3.63, 3.8) is 0 Å². The third kappa shape index (κ3) is 5.67. The topological polar surface area (TPSA) is 106 Å². The predicted molar refractivity (Wildman–Crippen MR) is 129 cm³/mol. The van der Waals surface area contributed by atoms with Crippen molar-refractivity contribution in [1.82, 2.24) is 15.5 Å². The van der Waals surface area contributed by atoms with Gasteiger partial charge in [0.15, 0.2) is 11.5 Å². The smallest absolute Gasteiger partial charge is 0.253 e. The maximum Gasteiger partial charge on any atom is 0.253 e. The van der Waals surface area contributed by atoms with Crippen LogP contribution in [-0.4, -0.2) is 62.2 Å². The van der Waals surface area contributed by atoms with E-state index in [9.17, 15) is 14.4 Å². The summed E-state index contributed by atoms with van der Waals surface area (Å²) >= 11 is 0. The van der Waals surface area contributed by atoms with Gasteiger partial charge < -0.3 is 29.7 Å².